The van der Waals surface area contributed by atoms with E-state index in [0.29, 0.717) is 13.1 Å². The zero-order chi connectivity index (χ0) is 23.8. The van der Waals surface area contributed by atoms with Crippen molar-refractivity contribution >= 4 is 19.7 Å². The third-order valence-electron chi connectivity index (χ3n) is 6.88. The summed E-state index contributed by atoms with van der Waals surface area (Å²) >= 11 is 0. The summed E-state index contributed by atoms with van der Waals surface area (Å²) in [6.07, 6.45) is 0. The summed E-state index contributed by atoms with van der Waals surface area (Å²) in [5, 5.41) is -1.00. The molecule has 9 heteroatoms. The molecule has 0 aromatic heterocycles. The Morgan fingerprint density at radius 1 is 0.970 bits per heavy atom. The molecule has 0 N–H and O–H groups in total. The molecule has 2 heterocycles. The number of ether oxygens (including phenoxy) is 1. The number of hydrogen-bond donors (Lipinski definition) is 0. The van der Waals surface area contributed by atoms with Gasteiger partial charge in [0.1, 0.15) is 10.6 Å². The Kier molecular flexibility index (Phi) is 6.87. The van der Waals surface area contributed by atoms with E-state index in [9.17, 15) is 16.8 Å². The summed E-state index contributed by atoms with van der Waals surface area (Å²) in [6, 6.07) is 13.0. The third kappa shape index (κ3) is 5.11. The summed E-state index contributed by atoms with van der Waals surface area (Å²) in [5.74, 6) is -0.197. The second kappa shape index (κ2) is 9.37. The molecule has 7 nitrogen and oxygen atoms in total. The highest BCUT2D eigenvalue weighted by Crippen LogP contribution is 2.35. The molecule has 180 valence electrons. The molecule has 2 aromatic rings. The van der Waals surface area contributed by atoms with Crippen molar-refractivity contribution in [3.63, 3.8) is 0 Å². The summed E-state index contributed by atoms with van der Waals surface area (Å²) in [4.78, 5) is 4.47. The first-order valence-corrected chi connectivity index (χ1v) is 14.6. The summed E-state index contributed by atoms with van der Waals surface area (Å²) in [6.45, 7) is 7.40. The molecule has 2 atom stereocenters. The van der Waals surface area contributed by atoms with Crippen LogP contribution in [-0.4, -0.2) is 82.7 Å². The van der Waals surface area contributed by atoms with Crippen molar-refractivity contribution in [3.8, 4) is 5.75 Å². The predicted molar refractivity (Wildman–Crippen MR) is 129 cm³/mol. The zero-order valence-electron chi connectivity index (χ0n) is 19.4. The van der Waals surface area contributed by atoms with Crippen LogP contribution in [0.4, 0.5) is 0 Å². The van der Waals surface area contributed by atoms with Gasteiger partial charge in [0, 0.05) is 38.8 Å². The molecule has 33 heavy (non-hydrogen) atoms. The van der Waals surface area contributed by atoms with Crippen LogP contribution < -0.4 is 4.74 Å². The second-order valence-corrected chi connectivity index (χ2v) is 13.4. The molecule has 2 fully saturated rings. The topological polar surface area (TPSA) is 84.0 Å². The predicted octanol–water partition coefficient (Wildman–Crippen LogP) is 2.07. The Labute approximate surface area is 197 Å². The monoisotopic (exact) mass is 492 g/mol. The largest absolute Gasteiger partial charge is 0.495 e. The highest BCUT2D eigenvalue weighted by molar-refractivity contribution is 7.96. The molecule has 0 saturated carbocycles. The molecule has 0 aliphatic carbocycles. The molecule has 0 spiro atoms. The van der Waals surface area contributed by atoms with E-state index in [1.165, 1.54) is 12.7 Å². The third-order valence-corrected chi connectivity index (χ3v) is 11.0. The van der Waals surface area contributed by atoms with Crippen LogP contribution in [-0.2, 0) is 26.2 Å². The minimum absolute atomic E-state index is 0.0860. The van der Waals surface area contributed by atoms with Crippen molar-refractivity contribution < 1.29 is 21.6 Å². The number of methoxy groups -OCH3 is 1. The lowest BCUT2D eigenvalue weighted by Gasteiger charge is -2.39. The van der Waals surface area contributed by atoms with E-state index in [0.717, 1.165) is 30.8 Å². The minimum Gasteiger partial charge on any atom is -0.495 e. The number of benzene rings is 2. The summed E-state index contributed by atoms with van der Waals surface area (Å²) in [7, 11) is -5.93. The molecule has 0 bridgehead atoms. The van der Waals surface area contributed by atoms with Gasteiger partial charge in [-0.05, 0) is 42.7 Å². The maximum absolute atomic E-state index is 13.7. The number of sulfone groups is 2. The summed E-state index contributed by atoms with van der Waals surface area (Å²) in [5.41, 5.74) is 2.99. The molecule has 0 unspecified atom stereocenters. The van der Waals surface area contributed by atoms with Gasteiger partial charge in [-0.2, -0.15) is 0 Å². The maximum Gasteiger partial charge on any atom is 0.187 e. The van der Waals surface area contributed by atoms with Gasteiger partial charge in [-0.25, -0.2) is 16.8 Å². The molecule has 0 amide bonds. The van der Waals surface area contributed by atoms with E-state index in [1.54, 1.807) is 12.1 Å². The van der Waals surface area contributed by atoms with Gasteiger partial charge in [-0.1, -0.05) is 30.3 Å². The number of hydrogen-bond acceptors (Lipinski definition) is 7. The first-order valence-electron chi connectivity index (χ1n) is 11.2. The molecule has 2 aliphatic heterocycles. The highest BCUT2D eigenvalue weighted by atomic mass is 32.2. The van der Waals surface area contributed by atoms with Crippen molar-refractivity contribution in [3.05, 3.63) is 59.2 Å². The van der Waals surface area contributed by atoms with Gasteiger partial charge >= 0.3 is 0 Å². The van der Waals surface area contributed by atoms with Crippen molar-refractivity contribution in [1.82, 2.24) is 9.80 Å². The van der Waals surface area contributed by atoms with Gasteiger partial charge in [-0.3, -0.25) is 9.80 Å². The minimum atomic E-state index is -3.91. The second-order valence-electron chi connectivity index (χ2n) is 9.11. The zero-order valence-corrected chi connectivity index (χ0v) is 21.0. The SMILES string of the molecule is COc1cc(C)c(C)cc1S(=O)(=O)[C@H]1CS(=O)(=O)C[C@@H]1N1CCN(Cc2ccccc2)CC1. The van der Waals surface area contributed by atoms with E-state index < -0.39 is 31.0 Å². The fraction of sp³-hybridized carbons (Fsp3) is 0.500. The van der Waals surface area contributed by atoms with Gasteiger partial charge in [-0.15, -0.1) is 0 Å². The van der Waals surface area contributed by atoms with Crippen molar-refractivity contribution in [2.24, 2.45) is 0 Å². The van der Waals surface area contributed by atoms with E-state index in [2.05, 4.69) is 21.9 Å². The Bertz CT molecular complexity index is 1200. The van der Waals surface area contributed by atoms with Gasteiger partial charge in [0.15, 0.2) is 19.7 Å². The maximum atomic E-state index is 13.7. The van der Waals surface area contributed by atoms with Crippen LogP contribution in [0, 0.1) is 13.8 Å². The molecular formula is C24H32N2O5S2. The van der Waals surface area contributed by atoms with E-state index >= 15 is 0 Å². The quantitative estimate of drug-likeness (QED) is 0.610. The lowest BCUT2D eigenvalue weighted by molar-refractivity contribution is 0.101. The molecule has 2 aliphatic rings. The van der Waals surface area contributed by atoms with Crippen LogP contribution in [0.15, 0.2) is 47.4 Å². The van der Waals surface area contributed by atoms with E-state index in [1.807, 2.05) is 32.0 Å². The number of piperazine rings is 1. The molecule has 0 radical (unpaired) electrons. The van der Waals surface area contributed by atoms with E-state index in [4.69, 9.17) is 4.74 Å². The van der Waals surface area contributed by atoms with Crippen molar-refractivity contribution in [2.75, 3.05) is 44.8 Å². The van der Waals surface area contributed by atoms with Crippen LogP contribution in [0.1, 0.15) is 16.7 Å². The van der Waals surface area contributed by atoms with Gasteiger partial charge in [0.2, 0.25) is 0 Å². The molecule has 2 saturated heterocycles. The van der Waals surface area contributed by atoms with Gasteiger partial charge < -0.3 is 4.74 Å². The van der Waals surface area contributed by atoms with Gasteiger partial charge in [0.05, 0.1) is 23.9 Å². The highest BCUT2D eigenvalue weighted by Gasteiger charge is 2.49. The number of nitrogens with zero attached hydrogens (tertiary/aromatic N) is 2. The van der Waals surface area contributed by atoms with Crippen molar-refractivity contribution in [2.45, 2.75) is 36.6 Å². The van der Waals surface area contributed by atoms with E-state index in [-0.39, 0.29) is 22.2 Å². The van der Waals surface area contributed by atoms with Crippen LogP contribution in [0.5, 0.6) is 5.75 Å². The number of rotatable bonds is 6. The smallest absolute Gasteiger partial charge is 0.187 e. The lowest BCUT2D eigenvalue weighted by Crippen LogP contribution is -2.54. The molecule has 4 rings (SSSR count). The first kappa shape index (κ1) is 24.2. The van der Waals surface area contributed by atoms with Gasteiger partial charge in [0.25, 0.3) is 0 Å². The molecular weight excluding hydrogens is 460 g/mol. The lowest BCUT2D eigenvalue weighted by atomic mass is 10.1. The average molecular weight is 493 g/mol. The Hall–Kier alpha value is -1.94. The van der Waals surface area contributed by atoms with Crippen molar-refractivity contribution in [1.29, 1.82) is 0 Å². The standard InChI is InChI=1S/C24H32N2O5S2/c1-18-13-22(31-3)23(14-19(18)2)33(29,30)24-17-32(27,28)16-21(24)26-11-9-25(10-12-26)15-20-7-5-4-6-8-20/h4-8,13-14,21,24H,9-12,15-17H2,1-3H3/t21-,24-/m0/s1. The summed E-state index contributed by atoms with van der Waals surface area (Å²) < 4.78 is 58.1. The fourth-order valence-corrected chi connectivity index (χ4v) is 9.89. The Balaban J connectivity index is 1.56. The Morgan fingerprint density at radius 3 is 2.24 bits per heavy atom. The Morgan fingerprint density at radius 2 is 1.61 bits per heavy atom. The normalized spacial score (nSPS) is 24.1. The van der Waals surface area contributed by atoms with Crippen LogP contribution in [0.2, 0.25) is 0 Å². The molecule has 2 aromatic carbocycles. The first-order chi connectivity index (χ1) is 15.6. The van der Waals surface area contributed by atoms with Crippen LogP contribution in [0.25, 0.3) is 0 Å². The average Bonchev–Trinajstić information content (AvgIpc) is 3.12. The van der Waals surface area contributed by atoms with Crippen LogP contribution >= 0.6 is 0 Å². The number of aryl methyl sites for hydroxylation is 2. The fourth-order valence-electron chi connectivity index (χ4n) is 4.84. The van der Waals surface area contributed by atoms with Crippen LogP contribution in [0.3, 0.4) is 0 Å².